The molecule has 2 N–H and O–H groups in total. The van der Waals surface area contributed by atoms with Gasteiger partial charge in [-0.05, 0) is 39.0 Å². The number of hydrogen-bond acceptors (Lipinski definition) is 2. The summed E-state index contributed by atoms with van der Waals surface area (Å²) in [4.78, 5) is 0. The molecule has 0 aliphatic heterocycles. The first-order chi connectivity index (χ1) is 7.61. The largest absolute Gasteiger partial charge is 0.394 e. The predicted molar refractivity (Wildman–Crippen MR) is 69.6 cm³/mol. The molecule has 1 fully saturated rings. The maximum Gasteiger partial charge on any atom is 0.0610 e. The van der Waals surface area contributed by atoms with E-state index in [4.69, 9.17) is 0 Å². The molecular weight excluding hydrogens is 198 g/mol. The maximum atomic E-state index is 9.50. The van der Waals surface area contributed by atoms with E-state index in [2.05, 4.69) is 26.1 Å². The Morgan fingerprint density at radius 2 is 1.94 bits per heavy atom. The van der Waals surface area contributed by atoms with Crippen molar-refractivity contribution in [2.24, 2.45) is 5.92 Å². The Balaban J connectivity index is 2.43. The van der Waals surface area contributed by atoms with Crippen LogP contribution in [0.25, 0.3) is 0 Å². The number of aliphatic hydroxyl groups is 1. The van der Waals surface area contributed by atoms with Gasteiger partial charge in [-0.1, -0.05) is 32.6 Å². The van der Waals surface area contributed by atoms with E-state index in [1.54, 1.807) is 0 Å². The second kappa shape index (κ2) is 6.61. The molecule has 1 saturated carbocycles. The summed E-state index contributed by atoms with van der Waals surface area (Å²) in [5, 5.41) is 13.2. The summed E-state index contributed by atoms with van der Waals surface area (Å²) in [5.74, 6) is 0.816. The molecular formula is C14H29NO. The van der Waals surface area contributed by atoms with Gasteiger partial charge >= 0.3 is 0 Å². The lowest BCUT2D eigenvalue weighted by molar-refractivity contribution is 0.133. The van der Waals surface area contributed by atoms with Gasteiger partial charge in [-0.15, -0.1) is 0 Å². The molecule has 0 aromatic rings. The molecule has 0 bridgehead atoms. The smallest absolute Gasteiger partial charge is 0.0610 e. The third-order valence-electron chi connectivity index (χ3n) is 4.08. The molecule has 96 valence electrons. The van der Waals surface area contributed by atoms with E-state index >= 15 is 0 Å². The van der Waals surface area contributed by atoms with Gasteiger partial charge in [0.15, 0.2) is 0 Å². The average molecular weight is 227 g/mol. The summed E-state index contributed by atoms with van der Waals surface area (Å²) in [6.45, 7) is 6.87. The topological polar surface area (TPSA) is 32.3 Å². The molecule has 0 aromatic heterocycles. The Hall–Kier alpha value is -0.0800. The lowest BCUT2D eigenvalue weighted by atomic mass is 9.83. The molecule has 1 aliphatic carbocycles. The third-order valence-corrected chi connectivity index (χ3v) is 4.08. The predicted octanol–water partition coefficient (Wildman–Crippen LogP) is 3.10. The van der Waals surface area contributed by atoms with E-state index in [9.17, 15) is 5.11 Å². The van der Waals surface area contributed by atoms with E-state index in [-0.39, 0.29) is 12.1 Å². The second-order valence-electron chi connectivity index (χ2n) is 5.80. The van der Waals surface area contributed by atoms with Gasteiger partial charge in [-0.25, -0.2) is 0 Å². The Kier molecular flexibility index (Phi) is 5.77. The minimum atomic E-state index is -0.0778. The Morgan fingerprint density at radius 3 is 2.44 bits per heavy atom. The zero-order valence-electron chi connectivity index (χ0n) is 11.3. The number of rotatable bonds is 6. The van der Waals surface area contributed by atoms with Crippen molar-refractivity contribution in [1.29, 1.82) is 0 Å². The fourth-order valence-corrected chi connectivity index (χ4v) is 3.05. The first-order valence-electron chi connectivity index (χ1n) is 7.00. The van der Waals surface area contributed by atoms with Gasteiger partial charge in [0.05, 0.1) is 6.61 Å². The van der Waals surface area contributed by atoms with E-state index in [1.807, 2.05) is 0 Å². The molecule has 2 unspecified atom stereocenters. The monoisotopic (exact) mass is 227 g/mol. The van der Waals surface area contributed by atoms with E-state index < -0.39 is 0 Å². The molecule has 0 radical (unpaired) electrons. The maximum absolute atomic E-state index is 9.50. The highest BCUT2D eigenvalue weighted by molar-refractivity contribution is 4.87. The van der Waals surface area contributed by atoms with Crippen LogP contribution in [0.15, 0.2) is 0 Å². The first kappa shape index (κ1) is 14.0. The van der Waals surface area contributed by atoms with Crippen LogP contribution >= 0.6 is 0 Å². The standard InChI is InChI=1S/C14H29NO/c1-4-10-14(3,11-16)15-12(2)13-8-6-5-7-9-13/h12-13,15-16H,4-11H2,1-3H3. The van der Waals surface area contributed by atoms with Gasteiger partial charge < -0.3 is 10.4 Å². The summed E-state index contributed by atoms with van der Waals surface area (Å²) in [6, 6.07) is 0.545. The highest BCUT2D eigenvalue weighted by Gasteiger charge is 2.28. The molecule has 1 aliphatic rings. The summed E-state index contributed by atoms with van der Waals surface area (Å²) < 4.78 is 0. The fourth-order valence-electron chi connectivity index (χ4n) is 3.05. The van der Waals surface area contributed by atoms with Crippen LogP contribution in [0.1, 0.15) is 65.7 Å². The van der Waals surface area contributed by atoms with Crippen molar-refractivity contribution in [3.8, 4) is 0 Å². The Labute approximate surface area is 101 Å². The van der Waals surface area contributed by atoms with Crippen molar-refractivity contribution in [2.45, 2.75) is 77.3 Å². The molecule has 0 amide bonds. The number of hydrogen-bond donors (Lipinski definition) is 2. The first-order valence-corrected chi connectivity index (χ1v) is 7.00. The zero-order valence-corrected chi connectivity index (χ0v) is 11.3. The molecule has 16 heavy (non-hydrogen) atoms. The summed E-state index contributed by atoms with van der Waals surface area (Å²) in [6.07, 6.45) is 9.10. The second-order valence-corrected chi connectivity index (χ2v) is 5.80. The van der Waals surface area contributed by atoms with Crippen molar-refractivity contribution in [3.63, 3.8) is 0 Å². The van der Waals surface area contributed by atoms with Gasteiger partial charge in [-0.3, -0.25) is 0 Å². The minimum Gasteiger partial charge on any atom is -0.394 e. The minimum absolute atomic E-state index is 0.0778. The van der Waals surface area contributed by atoms with E-state index in [0.29, 0.717) is 6.04 Å². The molecule has 2 heteroatoms. The van der Waals surface area contributed by atoms with Crippen LogP contribution in [0, 0.1) is 5.92 Å². The fraction of sp³-hybridized carbons (Fsp3) is 1.00. The van der Waals surface area contributed by atoms with Crippen LogP contribution in [0.2, 0.25) is 0 Å². The van der Waals surface area contributed by atoms with Crippen LogP contribution in [0.5, 0.6) is 0 Å². The summed E-state index contributed by atoms with van der Waals surface area (Å²) in [5.41, 5.74) is -0.0778. The molecule has 1 rings (SSSR count). The van der Waals surface area contributed by atoms with Crippen molar-refractivity contribution in [3.05, 3.63) is 0 Å². The van der Waals surface area contributed by atoms with Crippen molar-refractivity contribution < 1.29 is 5.11 Å². The highest BCUT2D eigenvalue weighted by Crippen LogP contribution is 2.27. The lowest BCUT2D eigenvalue weighted by Gasteiger charge is -2.37. The van der Waals surface area contributed by atoms with Crippen molar-refractivity contribution in [2.75, 3.05) is 6.61 Å². The van der Waals surface area contributed by atoms with Crippen LogP contribution in [0.3, 0.4) is 0 Å². The quantitative estimate of drug-likeness (QED) is 0.731. The van der Waals surface area contributed by atoms with E-state index in [1.165, 1.54) is 32.1 Å². The van der Waals surface area contributed by atoms with Crippen LogP contribution in [0.4, 0.5) is 0 Å². The Morgan fingerprint density at radius 1 is 1.31 bits per heavy atom. The van der Waals surface area contributed by atoms with Crippen LogP contribution < -0.4 is 5.32 Å². The van der Waals surface area contributed by atoms with Gasteiger partial charge in [0.1, 0.15) is 0 Å². The summed E-state index contributed by atoms with van der Waals surface area (Å²) >= 11 is 0. The lowest BCUT2D eigenvalue weighted by Crippen LogP contribution is -2.52. The summed E-state index contributed by atoms with van der Waals surface area (Å²) in [7, 11) is 0. The zero-order chi connectivity index (χ0) is 12.0. The molecule has 0 heterocycles. The van der Waals surface area contributed by atoms with Gasteiger partial charge in [0.25, 0.3) is 0 Å². The number of aliphatic hydroxyl groups excluding tert-OH is 1. The normalized spacial score (nSPS) is 24.0. The highest BCUT2D eigenvalue weighted by atomic mass is 16.3. The van der Waals surface area contributed by atoms with Crippen LogP contribution in [-0.4, -0.2) is 23.3 Å². The molecule has 0 spiro atoms. The third kappa shape index (κ3) is 4.06. The Bertz CT molecular complexity index is 189. The average Bonchev–Trinajstić information content (AvgIpc) is 2.30. The molecule has 0 aromatic carbocycles. The number of nitrogens with one attached hydrogen (secondary N) is 1. The van der Waals surface area contributed by atoms with Crippen LogP contribution in [-0.2, 0) is 0 Å². The van der Waals surface area contributed by atoms with Crippen molar-refractivity contribution in [1.82, 2.24) is 5.32 Å². The van der Waals surface area contributed by atoms with Gasteiger partial charge in [0.2, 0.25) is 0 Å². The SMILES string of the molecule is CCCC(C)(CO)NC(C)C1CCCCC1. The molecule has 2 nitrogen and oxygen atoms in total. The van der Waals surface area contributed by atoms with Crippen molar-refractivity contribution >= 4 is 0 Å². The van der Waals surface area contributed by atoms with Gasteiger partial charge in [-0.2, -0.15) is 0 Å². The van der Waals surface area contributed by atoms with E-state index in [0.717, 1.165) is 18.8 Å². The molecule has 0 saturated heterocycles. The van der Waals surface area contributed by atoms with Gasteiger partial charge in [0, 0.05) is 11.6 Å². The molecule has 2 atom stereocenters.